The summed E-state index contributed by atoms with van der Waals surface area (Å²) >= 11 is 0. The van der Waals surface area contributed by atoms with Crippen LogP contribution in [-0.4, -0.2) is 65.2 Å². The number of nitrogens with zero attached hydrogens (tertiary/aromatic N) is 5. The lowest BCUT2D eigenvalue weighted by molar-refractivity contribution is -0.142. The summed E-state index contributed by atoms with van der Waals surface area (Å²) in [5.41, 5.74) is 0.912. The molecule has 0 aliphatic carbocycles. The first-order valence-electron chi connectivity index (χ1n) is 11.8. The number of amides is 1. The summed E-state index contributed by atoms with van der Waals surface area (Å²) in [6.07, 6.45) is 9.80. The fourth-order valence-corrected chi connectivity index (χ4v) is 5.10. The zero-order valence-electron chi connectivity index (χ0n) is 19.2. The fraction of sp³-hybridized carbons (Fsp3) is 0.462. The summed E-state index contributed by atoms with van der Waals surface area (Å²) < 4.78 is 5.93. The van der Waals surface area contributed by atoms with Gasteiger partial charge in [-0.1, -0.05) is 25.1 Å². The molecule has 0 saturated carbocycles. The largest absolute Gasteiger partial charge is 0.379 e. The molecule has 2 aliphatic rings. The number of carbonyl (C=O) groups is 1. The van der Waals surface area contributed by atoms with E-state index in [4.69, 9.17) is 4.74 Å². The molecule has 5 rings (SSSR count). The number of fused-ring (bicyclic) bond motifs is 1. The van der Waals surface area contributed by atoms with E-state index < -0.39 is 0 Å². The van der Waals surface area contributed by atoms with Crippen molar-refractivity contribution in [1.82, 2.24) is 19.9 Å². The standard InChI is InChI=1S/C26H31N5O2/c1-26(7-12-30(13-8-26)25-28-9-3-10-29-25)24(32)31-14-15-33-19-20(18-31)16-22-5-2-4-21-6-11-27-17-23(21)22/h2-6,9-11,17,20H,7-8,12-16,18-19H2,1H3. The Labute approximate surface area is 194 Å². The zero-order valence-corrected chi connectivity index (χ0v) is 19.2. The van der Waals surface area contributed by atoms with Crippen molar-refractivity contribution in [2.24, 2.45) is 11.3 Å². The lowest BCUT2D eigenvalue weighted by Gasteiger charge is -2.41. The van der Waals surface area contributed by atoms with Gasteiger partial charge in [0.2, 0.25) is 11.9 Å². The predicted molar refractivity (Wildman–Crippen MR) is 128 cm³/mol. The molecule has 0 N–H and O–H groups in total. The van der Waals surface area contributed by atoms with Gasteiger partial charge >= 0.3 is 0 Å². The first-order valence-corrected chi connectivity index (χ1v) is 11.8. The molecule has 1 unspecified atom stereocenters. The lowest BCUT2D eigenvalue weighted by atomic mass is 9.78. The molecule has 2 fully saturated rings. The van der Waals surface area contributed by atoms with Gasteiger partial charge in [0.1, 0.15) is 0 Å². The van der Waals surface area contributed by atoms with Crippen LogP contribution in [0.25, 0.3) is 10.8 Å². The average Bonchev–Trinajstić information content (AvgIpc) is 3.10. The summed E-state index contributed by atoms with van der Waals surface area (Å²) in [6, 6.07) is 10.3. The molecule has 0 bridgehead atoms. The molecule has 7 heteroatoms. The van der Waals surface area contributed by atoms with E-state index in [1.54, 1.807) is 12.4 Å². The third-order valence-corrected chi connectivity index (χ3v) is 7.13. The fourth-order valence-electron chi connectivity index (χ4n) is 5.10. The SMILES string of the molecule is CC1(C(=O)N2CCOCC(Cc3cccc4ccncc34)C2)CCN(c2ncccn2)CC1. The molecule has 0 radical (unpaired) electrons. The molecule has 1 aromatic carbocycles. The highest BCUT2D eigenvalue weighted by atomic mass is 16.5. The second-order valence-corrected chi connectivity index (χ2v) is 9.51. The van der Waals surface area contributed by atoms with Crippen molar-refractivity contribution >= 4 is 22.6 Å². The number of hydrogen-bond donors (Lipinski definition) is 0. The van der Waals surface area contributed by atoms with E-state index in [9.17, 15) is 4.79 Å². The molecular formula is C26H31N5O2. The number of aromatic nitrogens is 3. The number of hydrogen-bond acceptors (Lipinski definition) is 6. The number of pyridine rings is 1. The van der Waals surface area contributed by atoms with Crippen LogP contribution in [0, 0.1) is 11.3 Å². The Hall–Kier alpha value is -3.06. The second-order valence-electron chi connectivity index (χ2n) is 9.51. The minimum absolute atomic E-state index is 0.256. The highest BCUT2D eigenvalue weighted by Crippen LogP contribution is 2.35. The van der Waals surface area contributed by atoms with Crippen LogP contribution < -0.4 is 4.90 Å². The van der Waals surface area contributed by atoms with Crippen molar-refractivity contribution in [3.8, 4) is 0 Å². The van der Waals surface area contributed by atoms with Crippen LogP contribution in [0.4, 0.5) is 5.95 Å². The number of rotatable bonds is 4. The first-order chi connectivity index (χ1) is 16.1. The zero-order chi connectivity index (χ0) is 22.7. The number of piperidine rings is 1. The van der Waals surface area contributed by atoms with Gasteiger partial charge in [0.15, 0.2) is 0 Å². The lowest BCUT2D eigenvalue weighted by Crippen LogP contribution is -2.50. The van der Waals surface area contributed by atoms with E-state index in [1.165, 1.54) is 16.3 Å². The van der Waals surface area contributed by atoms with E-state index in [-0.39, 0.29) is 17.2 Å². The van der Waals surface area contributed by atoms with Crippen LogP contribution in [0.1, 0.15) is 25.3 Å². The van der Waals surface area contributed by atoms with E-state index >= 15 is 0 Å². The van der Waals surface area contributed by atoms with Gasteiger partial charge < -0.3 is 14.5 Å². The minimum Gasteiger partial charge on any atom is -0.379 e. The maximum Gasteiger partial charge on any atom is 0.228 e. The van der Waals surface area contributed by atoms with E-state index in [1.807, 2.05) is 24.5 Å². The van der Waals surface area contributed by atoms with Crippen LogP contribution in [0.5, 0.6) is 0 Å². The van der Waals surface area contributed by atoms with Crippen LogP contribution in [0.2, 0.25) is 0 Å². The molecule has 33 heavy (non-hydrogen) atoms. The smallest absolute Gasteiger partial charge is 0.228 e. The Morgan fingerprint density at radius 1 is 1.09 bits per heavy atom. The van der Waals surface area contributed by atoms with Gasteiger partial charge in [0.05, 0.1) is 13.2 Å². The third-order valence-electron chi connectivity index (χ3n) is 7.13. The topological polar surface area (TPSA) is 71.5 Å². The minimum atomic E-state index is -0.358. The Morgan fingerprint density at radius 3 is 2.73 bits per heavy atom. The summed E-state index contributed by atoms with van der Waals surface area (Å²) in [5.74, 6) is 1.27. The molecule has 0 spiro atoms. The van der Waals surface area contributed by atoms with Crippen molar-refractivity contribution in [3.05, 3.63) is 60.7 Å². The number of ether oxygens (including phenoxy) is 1. The van der Waals surface area contributed by atoms with Gasteiger partial charge in [-0.2, -0.15) is 0 Å². The van der Waals surface area contributed by atoms with Gasteiger partial charge in [-0.25, -0.2) is 9.97 Å². The van der Waals surface area contributed by atoms with Crippen molar-refractivity contribution in [1.29, 1.82) is 0 Å². The Kier molecular flexibility index (Phi) is 6.22. The Morgan fingerprint density at radius 2 is 1.91 bits per heavy atom. The van der Waals surface area contributed by atoms with Gasteiger partial charge in [0, 0.05) is 67.7 Å². The van der Waals surface area contributed by atoms with Crippen LogP contribution in [0.3, 0.4) is 0 Å². The molecule has 172 valence electrons. The van der Waals surface area contributed by atoms with Crippen molar-refractivity contribution in [3.63, 3.8) is 0 Å². The molecule has 4 heterocycles. The molecule has 7 nitrogen and oxygen atoms in total. The van der Waals surface area contributed by atoms with Crippen LogP contribution >= 0.6 is 0 Å². The summed E-state index contributed by atoms with van der Waals surface area (Å²) in [7, 11) is 0. The number of carbonyl (C=O) groups excluding carboxylic acids is 1. The predicted octanol–water partition coefficient (Wildman–Crippen LogP) is 3.35. The second kappa shape index (κ2) is 9.43. The molecule has 1 atom stereocenters. The molecule has 2 saturated heterocycles. The van der Waals surface area contributed by atoms with Crippen molar-refractivity contribution < 1.29 is 9.53 Å². The van der Waals surface area contributed by atoms with Gasteiger partial charge in [0.25, 0.3) is 0 Å². The van der Waals surface area contributed by atoms with Gasteiger partial charge in [-0.3, -0.25) is 9.78 Å². The van der Waals surface area contributed by atoms with Crippen molar-refractivity contribution in [2.75, 3.05) is 44.3 Å². The van der Waals surface area contributed by atoms with Crippen LogP contribution in [0.15, 0.2) is 55.1 Å². The molecule has 2 aliphatic heterocycles. The first kappa shape index (κ1) is 21.8. The maximum absolute atomic E-state index is 13.7. The molecule has 2 aromatic heterocycles. The van der Waals surface area contributed by atoms with E-state index in [0.29, 0.717) is 19.8 Å². The normalized spacial score (nSPS) is 21.1. The number of anilines is 1. The third kappa shape index (κ3) is 4.69. The van der Waals surface area contributed by atoms with Crippen molar-refractivity contribution in [2.45, 2.75) is 26.2 Å². The highest BCUT2D eigenvalue weighted by Gasteiger charge is 2.40. The van der Waals surface area contributed by atoms with E-state index in [2.05, 4.69) is 49.9 Å². The molecular weight excluding hydrogens is 414 g/mol. The summed E-state index contributed by atoms with van der Waals surface area (Å²) in [4.78, 5) is 31.0. The summed E-state index contributed by atoms with van der Waals surface area (Å²) in [5, 5.41) is 2.39. The highest BCUT2D eigenvalue weighted by molar-refractivity contribution is 5.85. The maximum atomic E-state index is 13.7. The number of benzene rings is 1. The average molecular weight is 446 g/mol. The Balaban J connectivity index is 1.26. The summed E-state index contributed by atoms with van der Waals surface area (Å²) in [6.45, 7) is 6.38. The van der Waals surface area contributed by atoms with E-state index in [0.717, 1.165) is 44.8 Å². The molecule has 1 amide bonds. The molecule has 3 aromatic rings. The monoisotopic (exact) mass is 445 g/mol. The van der Waals surface area contributed by atoms with Gasteiger partial charge in [-0.05, 0) is 42.3 Å². The van der Waals surface area contributed by atoms with Gasteiger partial charge in [-0.15, -0.1) is 0 Å². The quantitative estimate of drug-likeness (QED) is 0.613. The Bertz CT molecular complexity index is 1090. The van der Waals surface area contributed by atoms with Crippen LogP contribution in [-0.2, 0) is 16.0 Å².